The molecule has 32 heavy (non-hydrogen) atoms. The van der Waals surface area contributed by atoms with Crippen molar-refractivity contribution in [3.8, 4) is 0 Å². The van der Waals surface area contributed by atoms with Gasteiger partial charge < -0.3 is 14.6 Å². The Morgan fingerprint density at radius 3 is 2.44 bits per heavy atom. The fourth-order valence-electron chi connectivity index (χ4n) is 4.19. The molecule has 0 saturated carbocycles. The van der Waals surface area contributed by atoms with Crippen LogP contribution in [-0.4, -0.2) is 26.8 Å². The molecule has 3 aromatic rings. The van der Waals surface area contributed by atoms with Crippen LogP contribution in [0.4, 0.5) is 11.4 Å². The van der Waals surface area contributed by atoms with Gasteiger partial charge in [0.2, 0.25) is 11.8 Å². The molecule has 2 amide bonds. The van der Waals surface area contributed by atoms with Crippen molar-refractivity contribution in [3.05, 3.63) is 77.2 Å². The first-order chi connectivity index (χ1) is 15.2. The zero-order chi connectivity index (χ0) is 23.0. The molecule has 2 aromatic carbocycles. The summed E-state index contributed by atoms with van der Waals surface area (Å²) in [5.74, 6) is -0.671. The lowest BCUT2D eigenvalue weighted by Crippen LogP contribution is -2.38. The van der Waals surface area contributed by atoms with E-state index in [2.05, 4.69) is 5.32 Å². The van der Waals surface area contributed by atoms with Crippen LogP contribution in [0.25, 0.3) is 0 Å². The second-order valence-corrected chi connectivity index (χ2v) is 10.1. The summed E-state index contributed by atoms with van der Waals surface area (Å²) >= 11 is 0. The Labute approximate surface area is 187 Å². The van der Waals surface area contributed by atoms with Crippen molar-refractivity contribution in [2.24, 2.45) is 0 Å². The molecule has 1 atom stereocenters. The van der Waals surface area contributed by atoms with Gasteiger partial charge in [0.1, 0.15) is 17.6 Å². The van der Waals surface area contributed by atoms with Gasteiger partial charge in [-0.3, -0.25) is 9.59 Å². The molecule has 8 heteroatoms. The Kier molecular flexibility index (Phi) is 5.64. The maximum absolute atomic E-state index is 13.4. The Morgan fingerprint density at radius 2 is 1.78 bits per heavy atom. The van der Waals surface area contributed by atoms with Crippen molar-refractivity contribution in [1.29, 1.82) is 0 Å². The summed E-state index contributed by atoms with van der Waals surface area (Å²) in [5.41, 5.74) is 3.80. The number of rotatable bonds is 4. The molecule has 1 aliphatic rings. The summed E-state index contributed by atoms with van der Waals surface area (Å²) in [6, 6.07) is 13.3. The molecule has 1 aromatic heterocycles. The van der Waals surface area contributed by atoms with Gasteiger partial charge in [-0.15, -0.1) is 0 Å². The Morgan fingerprint density at radius 1 is 1.09 bits per heavy atom. The number of hydrogen-bond donors (Lipinski definition) is 1. The topological polar surface area (TPSA) is 96.7 Å². The minimum atomic E-state index is -3.91. The van der Waals surface area contributed by atoms with Gasteiger partial charge in [0, 0.05) is 5.69 Å². The maximum Gasteiger partial charge on any atom is 0.244 e. The van der Waals surface area contributed by atoms with E-state index in [1.807, 2.05) is 32.9 Å². The number of amides is 2. The molecule has 2 heterocycles. The van der Waals surface area contributed by atoms with Crippen molar-refractivity contribution < 1.29 is 22.4 Å². The number of hydrogen-bond acceptors (Lipinski definition) is 5. The molecule has 0 spiro atoms. The molecule has 0 aliphatic carbocycles. The normalized spacial score (nSPS) is 17.5. The van der Waals surface area contributed by atoms with Crippen molar-refractivity contribution in [3.63, 3.8) is 0 Å². The predicted molar refractivity (Wildman–Crippen MR) is 121 cm³/mol. The van der Waals surface area contributed by atoms with E-state index in [0.29, 0.717) is 5.69 Å². The number of furan rings is 1. The fraction of sp³-hybridized carbons (Fsp3) is 0.250. The molecule has 0 fully saturated rings. The van der Waals surface area contributed by atoms with Crippen LogP contribution in [0, 0.1) is 20.8 Å². The first-order valence-corrected chi connectivity index (χ1v) is 11.8. The number of benzene rings is 2. The van der Waals surface area contributed by atoms with Gasteiger partial charge in [0.25, 0.3) is 0 Å². The number of carbonyl (C=O) groups excluding carboxylic acids is 2. The van der Waals surface area contributed by atoms with Gasteiger partial charge in [-0.1, -0.05) is 29.8 Å². The van der Waals surface area contributed by atoms with Gasteiger partial charge in [-0.05, 0) is 56.2 Å². The van der Waals surface area contributed by atoms with Gasteiger partial charge in [-0.2, -0.15) is 0 Å². The average molecular weight is 453 g/mol. The summed E-state index contributed by atoms with van der Waals surface area (Å²) in [6.45, 7) is 5.49. The van der Waals surface area contributed by atoms with Crippen LogP contribution < -0.4 is 10.2 Å². The quantitative estimate of drug-likeness (QED) is 0.643. The molecular formula is C24H24N2O5S. The number of anilines is 2. The SMILES string of the molecule is Cc1cc(C)c(NC(=O)CN2C(=O)CC(c3ccco3)S(=O)(=O)c3ccccc32)c(C)c1. The minimum absolute atomic E-state index is 0.00254. The van der Waals surface area contributed by atoms with Gasteiger partial charge in [0.05, 0.1) is 23.3 Å². The first-order valence-electron chi connectivity index (χ1n) is 10.2. The highest BCUT2D eigenvalue weighted by Crippen LogP contribution is 2.40. The number of para-hydroxylation sites is 1. The summed E-state index contributed by atoms with van der Waals surface area (Å²) < 4.78 is 32.1. The predicted octanol–water partition coefficient (Wildman–Crippen LogP) is 4.10. The maximum atomic E-state index is 13.4. The van der Waals surface area contributed by atoms with Crippen LogP contribution in [0.5, 0.6) is 0 Å². The third-order valence-electron chi connectivity index (χ3n) is 5.60. The van der Waals surface area contributed by atoms with E-state index in [-0.39, 0.29) is 29.3 Å². The Hall–Kier alpha value is -3.39. The van der Waals surface area contributed by atoms with Crippen LogP contribution >= 0.6 is 0 Å². The molecule has 0 radical (unpaired) electrons. The van der Waals surface area contributed by atoms with Crippen LogP contribution in [0.1, 0.15) is 34.1 Å². The monoisotopic (exact) mass is 452 g/mol. The summed E-state index contributed by atoms with van der Waals surface area (Å²) in [6.07, 6.45) is 1.06. The number of nitrogens with one attached hydrogen (secondary N) is 1. The van der Waals surface area contributed by atoms with Crippen LogP contribution in [0.2, 0.25) is 0 Å². The highest BCUT2D eigenvalue weighted by atomic mass is 32.2. The molecule has 7 nitrogen and oxygen atoms in total. The summed E-state index contributed by atoms with van der Waals surface area (Å²) in [4.78, 5) is 27.4. The van der Waals surface area contributed by atoms with E-state index in [4.69, 9.17) is 4.42 Å². The van der Waals surface area contributed by atoms with Crippen LogP contribution in [-0.2, 0) is 19.4 Å². The minimum Gasteiger partial charge on any atom is -0.468 e. The lowest BCUT2D eigenvalue weighted by Gasteiger charge is -2.22. The number of nitrogens with zero attached hydrogens (tertiary/aromatic N) is 1. The third kappa shape index (κ3) is 3.93. The molecule has 0 bridgehead atoms. The molecular weight excluding hydrogens is 428 g/mol. The summed E-state index contributed by atoms with van der Waals surface area (Å²) in [7, 11) is -3.91. The largest absolute Gasteiger partial charge is 0.468 e. The average Bonchev–Trinajstić information content (AvgIpc) is 3.24. The van der Waals surface area contributed by atoms with Crippen molar-refractivity contribution in [2.75, 3.05) is 16.8 Å². The van der Waals surface area contributed by atoms with Gasteiger partial charge >= 0.3 is 0 Å². The van der Waals surface area contributed by atoms with Crippen molar-refractivity contribution >= 4 is 33.0 Å². The molecule has 1 aliphatic heterocycles. The third-order valence-corrected chi connectivity index (χ3v) is 7.71. The lowest BCUT2D eigenvalue weighted by molar-refractivity contribution is -0.121. The van der Waals surface area contributed by atoms with Crippen LogP contribution in [0.3, 0.4) is 0 Å². The van der Waals surface area contributed by atoms with Crippen molar-refractivity contribution in [1.82, 2.24) is 0 Å². The van der Waals surface area contributed by atoms with E-state index in [1.165, 1.54) is 17.2 Å². The summed E-state index contributed by atoms with van der Waals surface area (Å²) in [5, 5.41) is 1.73. The number of sulfone groups is 1. The molecule has 166 valence electrons. The zero-order valence-electron chi connectivity index (χ0n) is 18.1. The van der Waals surface area contributed by atoms with Gasteiger partial charge in [0.15, 0.2) is 9.84 Å². The fourth-order valence-corrected chi connectivity index (χ4v) is 6.03. The highest BCUT2D eigenvalue weighted by molar-refractivity contribution is 7.91. The van der Waals surface area contributed by atoms with Gasteiger partial charge in [-0.25, -0.2) is 8.42 Å². The second kappa shape index (κ2) is 8.27. The number of aryl methyl sites for hydroxylation is 3. The molecule has 1 unspecified atom stereocenters. The molecule has 1 N–H and O–H groups in total. The van der Waals surface area contributed by atoms with Crippen LogP contribution in [0.15, 0.2) is 64.1 Å². The second-order valence-electron chi connectivity index (χ2n) is 8.02. The zero-order valence-corrected chi connectivity index (χ0v) is 18.9. The van der Waals surface area contributed by atoms with Crippen molar-refractivity contribution in [2.45, 2.75) is 37.3 Å². The highest BCUT2D eigenvalue weighted by Gasteiger charge is 2.41. The van der Waals surface area contributed by atoms with E-state index >= 15 is 0 Å². The molecule has 4 rings (SSSR count). The lowest BCUT2D eigenvalue weighted by atomic mass is 10.1. The van der Waals surface area contributed by atoms with E-state index < -0.39 is 26.9 Å². The first kappa shape index (κ1) is 21.8. The standard InChI is InChI=1S/C24H24N2O5S/c1-15-11-16(2)24(17(3)12-15)25-22(27)14-26-18-7-4-5-9-20(18)32(29,30)21(13-23(26)28)19-8-6-10-31-19/h4-12,21H,13-14H2,1-3H3,(H,25,27). The Balaban J connectivity index is 1.69. The van der Waals surface area contributed by atoms with E-state index in [1.54, 1.807) is 30.3 Å². The number of carbonyl (C=O) groups is 2. The Bertz CT molecular complexity index is 1270. The molecule has 0 saturated heterocycles. The number of fused-ring (bicyclic) bond motifs is 1. The smallest absolute Gasteiger partial charge is 0.244 e. The van der Waals surface area contributed by atoms with E-state index in [0.717, 1.165) is 16.7 Å². The van der Waals surface area contributed by atoms with E-state index in [9.17, 15) is 18.0 Å².